The molecule has 3 rings (SSSR count). The molecule has 21 heavy (non-hydrogen) atoms. The minimum Gasteiger partial charge on any atom is -0.389 e. The van der Waals surface area contributed by atoms with Crippen LogP contribution >= 0.6 is 0 Å². The Hall–Kier alpha value is -1.87. The van der Waals surface area contributed by atoms with E-state index in [4.69, 9.17) is 0 Å². The van der Waals surface area contributed by atoms with E-state index in [1.54, 1.807) is 19.1 Å². The fraction of sp³-hybridized carbons (Fsp3) is 0.333. The number of para-hydroxylation sites is 1. The minimum atomic E-state index is -0.479. The number of aliphatic hydroxyl groups excluding tert-OH is 1. The minimum absolute atomic E-state index is 0.164. The molecule has 1 saturated carbocycles. The first-order valence-corrected chi connectivity index (χ1v) is 7.42. The lowest BCUT2D eigenvalue weighted by Crippen LogP contribution is -2.34. The van der Waals surface area contributed by atoms with E-state index in [1.165, 1.54) is 6.07 Å². The molecule has 0 aliphatic heterocycles. The monoisotopic (exact) mass is 285 g/mol. The van der Waals surface area contributed by atoms with E-state index in [1.807, 2.05) is 30.3 Å². The average Bonchev–Trinajstić information content (AvgIpc) is 2.42. The summed E-state index contributed by atoms with van der Waals surface area (Å²) >= 11 is 0. The Bertz CT molecular complexity index is 620. The Morgan fingerprint density at radius 2 is 1.90 bits per heavy atom. The molecule has 0 bridgehead atoms. The number of anilines is 1. The largest absolute Gasteiger partial charge is 0.389 e. The Morgan fingerprint density at radius 3 is 2.62 bits per heavy atom. The first kappa shape index (κ1) is 14.1. The molecule has 1 aliphatic carbocycles. The van der Waals surface area contributed by atoms with Crippen LogP contribution in [0.2, 0.25) is 0 Å². The number of aliphatic hydroxyl groups is 1. The lowest BCUT2D eigenvalue weighted by atomic mass is 9.75. The van der Waals surface area contributed by atoms with Gasteiger partial charge in [0, 0.05) is 17.3 Å². The highest BCUT2D eigenvalue weighted by Gasteiger charge is 2.30. The fourth-order valence-corrected chi connectivity index (χ4v) is 2.98. The van der Waals surface area contributed by atoms with Crippen molar-refractivity contribution in [2.24, 2.45) is 0 Å². The summed E-state index contributed by atoms with van der Waals surface area (Å²) in [6.07, 6.45) is 1.52. The Labute approximate surface area is 124 Å². The van der Waals surface area contributed by atoms with Crippen LogP contribution < -0.4 is 5.32 Å². The van der Waals surface area contributed by atoms with Gasteiger partial charge in [-0.05, 0) is 49.4 Å². The third-order valence-electron chi connectivity index (χ3n) is 4.23. The van der Waals surface area contributed by atoms with Crippen molar-refractivity contribution in [1.29, 1.82) is 0 Å². The highest BCUT2D eigenvalue weighted by Crippen LogP contribution is 2.39. The van der Waals surface area contributed by atoms with Crippen molar-refractivity contribution in [3.05, 3.63) is 65.5 Å². The van der Waals surface area contributed by atoms with Gasteiger partial charge in [-0.2, -0.15) is 0 Å². The second kappa shape index (κ2) is 5.86. The van der Waals surface area contributed by atoms with E-state index >= 15 is 0 Å². The lowest BCUT2D eigenvalue weighted by molar-refractivity contribution is 0.199. The van der Waals surface area contributed by atoms with Gasteiger partial charge in [0.25, 0.3) is 0 Å². The molecule has 1 fully saturated rings. The molecule has 0 amide bonds. The van der Waals surface area contributed by atoms with E-state index in [-0.39, 0.29) is 5.82 Å². The van der Waals surface area contributed by atoms with Gasteiger partial charge < -0.3 is 10.4 Å². The van der Waals surface area contributed by atoms with Crippen LogP contribution in [0.5, 0.6) is 0 Å². The molecule has 2 aromatic rings. The molecule has 2 N–H and O–H groups in total. The van der Waals surface area contributed by atoms with Gasteiger partial charge in [-0.3, -0.25) is 0 Å². The number of rotatable bonds is 4. The maximum absolute atomic E-state index is 13.2. The summed E-state index contributed by atoms with van der Waals surface area (Å²) in [5.74, 6) is 0.264. The molecular formula is C18H20FNO. The zero-order valence-corrected chi connectivity index (χ0v) is 12.1. The van der Waals surface area contributed by atoms with Crippen molar-refractivity contribution in [2.45, 2.75) is 37.8 Å². The Kier molecular flexibility index (Phi) is 3.93. The highest BCUT2D eigenvalue weighted by atomic mass is 19.1. The van der Waals surface area contributed by atoms with Gasteiger partial charge >= 0.3 is 0 Å². The standard InChI is InChI=1S/C18H20FNO/c1-12(21)17-7-2-3-8-18(17)20-16-10-14(11-16)13-5-4-6-15(19)9-13/h2-9,12,14,16,20-21H,10-11H2,1H3. The van der Waals surface area contributed by atoms with Crippen molar-refractivity contribution < 1.29 is 9.50 Å². The summed E-state index contributed by atoms with van der Waals surface area (Å²) < 4.78 is 13.2. The van der Waals surface area contributed by atoms with E-state index in [9.17, 15) is 9.50 Å². The van der Waals surface area contributed by atoms with Gasteiger partial charge in [-0.1, -0.05) is 30.3 Å². The fourth-order valence-electron chi connectivity index (χ4n) is 2.98. The summed E-state index contributed by atoms with van der Waals surface area (Å²) in [6.45, 7) is 1.77. The SMILES string of the molecule is CC(O)c1ccccc1NC1CC(c2cccc(F)c2)C1. The predicted octanol–water partition coefficient (Wildman–Crippen LogP) is 4.24. The summed E-state index contributed by atoms with van der Waals surface area (Å²) in [5, 5.41) is 13.3. The Balaban J connectivity index is 1.63. The van der Waals surface area contributed by atoms with Gasteiger partial charge in [0.05, 0.1) is 6.10 Å². The van der Waals surface area contributed by atoms with Crippen LogP contribution in [0.1, 0.15) is 42.9 Å². The van der Waals surface area contributed by atoms with Crippen LogP contribution in [0.4, 0.5) is 10.1 Å². The van der Waals surface area contributed by atoms with Crippen LogP contribution in [0.3, 0.4) is 0 Å². The summed E-state index contributed by atoms with van der Waals surface area (Å²) in [6, 6.07) is 15.1. The van der Waals surface area contributed by atoms with E-state index in [0.29, 0.717) is 12.0 Å². The van der Waals surface area contributed by atoms with Crippen LogP contribution in [0, 0.1) is 5.82 Å². The molecule has 110 valence electrons. The molecule has 2 aromatic carbocycles. The third-order valence-corrected chi connectivity index (χ3v) is 4.23. The van der Waals surface area contributed by atoms with Crippen LogP contribution in [-0.2, 0) is 0 Å². The maximum Gasteiger partial charge on any atom is 0.123 e. The smallest absolute Gasteiger partial charge is 0.123 e. The predicted molar refractivity (Wildman–Crippen MR) is 82.9 cm³/mol. The van der Waals surface area contributed by atoms with Crippen molar-refractivity contribution in [3.8, 4) is 0 Å². The molecular weight excluding hydrogens is 265 g/mol. The van der Waals surface area contributed by atoms with Crippen LogP contribution in [0.25, 0.3) is 0 Å². The highest BCUT2D eigenvalue weighted by molar-refractivity contribution is 5.53. The number of hydrogen-bond donors (Lipinski definition) is 2. The van der Waals surface area contributed by atoms with Crippen molar-refractivity contribution in [3.63, 3.8) is 0 Å². The third kappa shape index (κ3) is 3.08. The lowest BCUT2D eigenvalue weighted by Gasteiger charge is -2.37. The summed E-state index contributed by atoms with van der Waals surface area (Å²) in [4.78, 5) is 0. The van der Waals surface area contributed by atoms with Crippen LogP contribution in [-0.4, -0.2) is 11.1 Å². The van der Waals surface area contributed by atoms with E-state index in [2.05, 4.69) is 5.32 Å². The number of halogens is 1. The van der Waals surface area contributed by atoms with Gasteiger partial charge in [0.2, 0.25) is 0 Å². The topological polar surface area (TPSA) is 32.3 Å². The van der Waals surface area contributed by atoms with Gasteiger partial charge in [0.15, 0.2) is 0 Å². The molecule has 0 radical (unpaired) electrons. The molecule has 1 unspecified atom stereocenters. The Morgan fingerprint density at radius 1 is 1.14 bits per heavy atom. The maximum atomic E-state index is 13.2. The summed E-state index contributed by atoms with van der Waals surface area (Å²) in [7, 11) is 0. The molecule has 0 saturated heterocycles. The number of nitrogens with one attached hydrogen (secondary N) is 1. The van der Waals surface area contributed by atoms with Gasteiger partial charge in [0.1, 0.15) is 5.82 Å². The van der Waals surface area contributed by atoms with E-state index in [0.717, 1.165) is 29.7 Å². The van der Waals surface area contributed by atoms with Crippen molar-refractivity contribution in [1.82, 2.24) is 0 Å². The van der Waals surface area contributed by atoms with Gasteiger partial charge in [-0.15, -0.1) is 0 Å². The van der Waals surface area contributed by atoms with Gasteiger partial charge in [-0.25, -0.2) is 4.39 Å². The average molecular weight is 285 g/mol. The van der Waals surface area contributed by atoms with E-state index < -0.39 is 6.10 Å². The molecule has 0 heterocycles. The van der Waals surface area contributed by atoms with Crippen molar-refractivity contribution >= 4 is 5.69 Å². The quantitative estimate of drug-likeness (QED) is 0.880. The zero-order chi connectivity index (χ0) is 14.8. The zero-order valence-electron chi connectivity index (χ0n) is 12.1. The molecule has 0 aromatic heterocycles. The molecule has 1 atom stereocenters. The molecule has 3 heteroatoms. The molecule has 2 nitrogen and oxygen atoms in total. The second-order valence-corrected chi connectivity index (χ2v) is 5.83. The molecule has 0 spiro atoms. The number of benzene rings is 2. The first-order chi connectivity index (χ1) is 10.1. The number of hydrogen-bond acceptors (Lipinski definition) is 2. The normalized spacial score (nSPS) is 22.4. The molecule has 1 aliphatic rings. The second-order valence-electron chi connectivity index (χ2n) is 5.83. The van der Waals surface area contributed by atoms with Crippen LogP contribution in [0.15, 0.2) is 48.5 Å². The summed E-state index contributed by atoms with van der Waals surface area (Å²) in [5.41, 5.74) is 3.00. The first-order valence-electron chi connectivity index (χ1n) is 7.42. The van der Waals surface area contributed by atoms with Crippen molar-refractivity contribution in [2.75, 3.05) is 5.32 Å².